The van der Waals surface area contributed by atoms with Crippen molar-refractivity contribution in [1.82, 2.24) is 14.8 Å². The molecule has 1 heterocycles. The summed E-state index contributed by atoms with van der Waals surface area (Å²) in [6, 6.07) is 4.28. The number of rotatable bonds is 3. The number of non-ortho nitro benzene ring substituents is 1. The highest BCUT2D eigenvalue weighted by Crippen LogP contribution is 2.28. The molecule has 0 bridgehead atoms. The SMILES string of the molecule is CCn1cnnc1-c1cc([N+](=O)[O-])ccc1N. The molecule has 1 aromatic carbocycles. The molecule has 0 aliphatic heterocycles. The molecule has 0 atom stereocenters. The van der Waals surface area contributed by atoms with Crippen LogP contribution in [0.2, 0.25) is 0 Å². The van der Waals surface area contributed by atoms with Gasteiger partial charge in [-0.3, -0.25) is 10.1 Å². The second-order valence-electron chi connectivity index (χ2n) is 3.47. The molecule has 0 unspecified atom stereocenters. The molecule has 0 aliphatic carbocycles. The normalized spacial score (nSPS) is 10.4. The molecule has 2 aromatic rings. The topological polar surface area (TPSA) is 99.9 Å². The maximum atomic E-state index is 10.7. The summed E-state index contributed by atoms with van der Waals surface area (Å²) in [5, 5.41) is 18.4. The van der Waals surface area contributed by atoms with Crippen LogP contribution in [-0.4, -0.2) is 19.7 Å². The zero-order chi connectivity index (χ0) is 12.4. The molecule has 1 aromatic heterocycles. The molecule has 0 aliphatic rings. The van der Waals surface area contributed by atoms with Gasteiger partial charge in [-0.05, 0) is 13.0 Å². The maximum absolute atomic E-state index is 10.7. The van der Waals surface area contributed by atoms with Crippen molar-refractivity contribution >= 4 is 11.4 Å². The molecule has 17 heavy (non-hydrogen) atoms. The predicted molar refractivity (Wildman–Crippen MR) is 62.2 cm³/mol. The fraction of sp³-hybridized carbons (Fsp3) is 0.200. The van der Waals surface area contributed by atoms with Crippen molar-refractivity contribution in [3.05, 3.63) is 34.6 Å². The van der Waals surface area contributed by atoms with Crippen molar-refractivity contribution in [3.63, 3.8) is 0 Å². The van der Waals surface area contributed by atoms with Gasteiger partial charge in [0.05, 0.1) is 4.92 Å². The second kappa shape index (κ2) is 4.20. The Morgan fingerprint density at radius 1 is 1.53 bits per heavy atom. The first kappa shape index (κ1) is 11.1. The third-order valence-electron chi connectivity index (χ3n) is 2.44. The van der Waals surface area contributed by atoms with Crippen LogP contribution < -0.4 is 5.73 Å². The Bertz CT molecular complexity index is 564. The maximum Gasteiger partial charge on any atom is 0.270 e. The zero-order valence-electron chi connectivity index (χ0n) is 9.20. The van der Waals surface area contributed by atoms with Crippen molar-refractivity contribution in [2.24, 2.45) is 0 Å². The Morgan fingerprint density at radius 3 is 2.94 bits per heavy atom. The number of nitrogens with zero attached hydrogens (tertiary/aromatic N) is 4. The lowest BCUT2D eigenvalue weighted by molar-refractivity contribution is -0.384. The van der Waals surface area contributed by atoms with E-state index in [4.69, 9.17) is 5.73 Å². The Labute approximate surface area is 97.0 Å². The van der Waals surface area contributed by atoms with Gasteiger partial charge in [0.25, 0.3) is 5.69 Å². The molecule has 7 heteroatoms. The number of nitro groups is 1. The van der Waals surface area contributed by atoms with Gasteiger partial charge in [-0.15, -0.1) is 10.2 Å². The predicted octanol–water partition coefficient (Wildman–Crippen LogP) is 1.46. The van der Waals surface area contributed by atoms with Gasteiger partial charge < -0.3 is 10.3 Å². The highest BCUT2D eigenvalue weighted by molar-refractivity contribution is 5.74. The standard InChI is InChI=1S/C10H11N5O2/c1-2-14-6-12-13-10(14)8-5-7(15(16)17)3-4-9(8)11/h3-6H,2,11H2,1H3. The monoisotopic (exact) mass is 233 g/mol. The summed E-state index contributed by atoms with van der Waals surface area (Å²) in [6.45, 7) is 2.60. The fourth-order valence-electron chi connectivity index (χ4n) is 1.55. The van der Waals surface area contributed by atoms with Crippen LogP contribution >= 0.6 is 0 Å². The molecule has 0 radical (unpaired) electrons. The number of hydrogen-bond acceptors (Lipinski definition) is 5. The van der Waals surface area contributed by atoms with Gasteiger partial charge >= 0.3 is 0 Å². The van der Waals surface area contributed by atoms with Crippen molar-refractivity contribution in [2.45, 2.75) is 13.5 Å². The molecular formula is C10H11N5O2. The van der Waals surface area contributed by atoms with Crippen molar-refractivity contribution in [1.29, 1.82) is 0 Å². The number of nitrogens with two attached hydrogens (primary N) is 1. The van der Waals surface area contributed by atoms with E-state index in [9.17, 15) is 10.1 Å². The summed E-state index contributed by atoms with van der Waals surface area (Å²) in [5.74, 6) is 0.536. The Morgan fingerprint density at radius 2 is 2.29 bits per heavy atom. The summed E-state index contributed by atoms with van der Waals surface area (Å²) < 4.78 is 1.77. The van der Waals surface area contributed by atoms with Gasteiger partial charge in [-0.1, -0.05) is 0 Å². The van der Waals surface area contributed by atoms with Gasteiger partial charge in [0.15, 0.2) is 5.82 Å². The lowest BCUT2D eigenvalue weighted by Gasteiger charge is -2.06. The number of benzene rings is 1. The van der Waals surface area contributed by atoms with Crippen LogP contribution in [-0.2, 0) is 6.54 Å². The third kappa shape index (κ3) is 1.94. The van der Waals surface area contributed by atoms with Gasteiger partial charge in [-0.25, -0.2) is 0 Å². The van der Waals surface area contributed by atoms with Crippen molar-refractivity contribution in [3.8, 4) is 11.4 Å². The lowest BCUT2D eigenvalue weighted by atomic mass is 10.1. The van der Waals surface area contributed by atoms with Crippen molar-refractivity contribution in [2.75, 3.05) is 5.73 Å². The first-order chi connectivity index (χ1) is 8.13. The molecule has 88 valence electrons. The largest absolute Gasteiger partial charge is 0.398 e. The van der Waals surface area contributed by atoms with Crippen molar-refractivity contribution < 1.29 is 4.92 Å². The molecule has 7 nitrogen and oxygen atoms in total. The van der Waals surface area contributed by atoms with E-state index in [2.05, 4.69) is 10.2 Å². The molecule has 0 amide bonds. The fourth-order valence-corrected chi connectivity index (χ4v) is 1.55. The van der Waals surface area contributed by atoms with Gasteiger partial charge in [0, 0.05) is 29.9 Å². The smallest absolute Gasteiger partial charge is 0.270 e. The first-order valence-electron chi connectivity index (χ1n) is 5.05. The van der Waals surface area contributed by atoms with Crippen LogP contribution in [0.5, 0.6) is 0 Å². The summed E-state index contributed by atoms with van der Waals surface area (Å²) in [6.07, 6.45) is 1.56. The van der Waals surface area contributed by atoms with E-state index >= 15 is 0 Å². The summed E-state index contributed by atoms with van der Waals surface area (Å²) >= 11 is 0. The number of anilines is 1. The van der Waals surface area contributed by atoms with Gasteiger partial charge in [0.1, 0.15) is 6.33 Å². The van der Waals surface area contributed by atoms with Crippen LogP contribution in [0, 0.1) is 10.1 Å². The average molecular weight is 233 g/mol. The number of nitrogen functional groups attached to an aromatic ring is 1. The van der Waals surface area contributed by atoms with Crippen LogP contribution in [0.15, 0.2) is 24.5 Å². The Kier molecular flexibility index (Phi) is 2.73. The molecule has 0 saturated heterocycles. The summed E-state index contributed by atoms with van der Waals surface area (Å²) in [5.41, 5.74) is 6.76. The highest BCUT2D eigenvalue weighted by Gasteiger charge is 2.14. The zero-order valence-corrected chi connectivity index (χ0v) is 9.20. The van der Waals surface area contributed by atoms with Crippen LogP contribution in [0.25, 0.3) is 11.4 Å². The lowest BCUT2D eigenvalue weighted by Crippen LogP contribution is -2.00. The number of nitro benzene ring substituents is 1. The van der Waals surface area contributed by atoms with E-state index in [-0.39, 0.29) is 5.69 Å². The summed E-state index contributed by atoms with van der Waals surface area (Å²) in [4.78, 5) is 10.2. The summed E-state index contributed by atoms with van der Waals surface area (Å²) in [7, 11) is 0. The van der Waals surface area contributed by atoms with Crippen LogP contribution in [0.1, 0.15) is 6.92 Å². The van der Waals surface area contributed by atoms with Crippen LogP contribution in [0.3, 0.4) is 0 Å². The number of aromatic nitrogens is 3. The van der Waals surface area contributed by atoms with Crippen LogP contribution in [0.4, 0.5) is 11.4 Å². The van der Waals surface area contributed by atoms with E-state index in [1.165, 1.54) is 18.2 Å². The highest BCUT2D eigenvalue weighted by atomic mass is 16.6. The quantitative estimate of drug-likeness (QED) is 0.491. The minimum Gasteiger partial charge on any atom is -0.398 e. The minimum absolute atomic E-state index is 0.0140. The molecule has 0 fully saturated rings. The number of aryl methyl sites for hydroxylation is 1. The number of hydrogen-bond donors (Lipinski definition) is 1. The molecular weight excluding hydrogens is 222 g/mol. The minimum atomic E-state index is -0.463. The van der Waals surface area contributed by atoms with Gasteiger partial charge in [0.2, 0.25) is 0 Å². The van der Waals surface area contributed by atoms with E-state index in [1.54, 1.807) is 10.9 Å². The molecule has 0 saturated carbocycles. The Balaban J connectivity index is 2.58. The average Bonchev–Trinajstić information content (AvgIpc) is 2.77. The van der Waals surface area contributed by atoms with E-state index in [1.807, 2.05) is 6.92 Å². The van der Waals surface area contributed by atoms with E-state index in [0.717, 1.165) is 0 Å². The first-order valence-corrected chi connectivity index (χ1v) is 5.05. The second-order valence-corrected chi connectivity index (χ2v) is 3.47. The molecule has 2 N–H and O–H groups in total. The van der Waals surface area contributed by atoms with E-state index < -0.39 is 4.92 Å². The molecule has 2 rings (SSSR count). The van der Waals surface area contributed by atoms with Gasteiger partial charge in [-0.2, -0.15) is 0 Å². The van der Waals surface area contributed by atoms with E-state index in [0.29, 0.717) is 23.6 Å². The third-order valence-corrected chi connectivity index (χ3v) is 2.44. The Hall–Kier alpha value is -2.44. The molecule has 0 spiro atoms.